The highest BCUT2D eigenvalue weighted by Crippen LogP contribution is 2.36. The fourth-order valence-corrected chi connectivity index (χ4v) is 4.17. The predicted octanol–water partition coefficient (Wildman–Crippen LogP) is 4.23. The first-order valence-corrected chi connectivity index (χ1v) is 10.2. The molecule has 2 heterocycles. The first kappa shape index (κ1) is 17.4. The van der Waals surface area contributed by atoms with Gasteiger partial charge >= 0.3 is 0 Å². The highest BCUT2D eigenvalue weighted by molar-refractivity contribution is 7.98. The molecule has 0 spiro atoms. The Morgan fingerprint density at radius 3 is 2.85 bits per heavy atom. The van der Waals surface area contributed by atoms with Crippen LogP contribution in [0.15, 0.2) is 47.4 Å². The highest BCUT2D eigenvalue weighted by atomic mass is 32.2. The molecule has 5 heteroatoms. The number of hydrogen-bond acceptors (Lipinski definition) is 5. The lowest BCUT2D eigenvalue weighted by molar-refractivity contribution is 0.0810. The van der Waals surface area contributed by atoms with Crippen LogP contribution in [0, 0.1) is 5.92 Å². The lowest BCUT2D eigenvalue weighted by atomic mass is 9.90. The third-order valence-corrected chi connectivity index (χ3v) is 5.87. The number of carbonyl (C=O) groups is 1. The average Bonchev–Trinajstić information content (AvgIpc) is 3.18. The quantitative estimate of drug-likeness (QED) is 0.582. The predicted molar refractivity (Wildman–Crippen MR) is 103 cm³/mol. The summed E-state index contributed by atoms with van der Waals surface area (Å²) < 4.78 is 11.1. The molecule has 136 valence electrons. The largest absolute Gasteiger partial charge is 0.454 e. The zero-order valence-electron chi connectivity index (χ0n) is 14.9. The number of ether oxygens (including phenoxy) is 2. The van der Waals surface area contributed by atoms with E-state index in [9.17, 15) is 4.79 Å². The zero-order chi connectivity index (χ0) is 17.9. The van der Waals surface area contributed by atoms with Crippen molar-refractivity contribution in [2.75, 3.05) is 26.1 Å². The van der Waals surface area contributed by atoms with E-state index in [0.717, 1.165) is 55.1 Å². The van der Waals surface area contributed by atoms with E-state index in [1.807, 2.05) is 42.7 Å². The second kappa shape index (κ2) is 7.72. The van der Waals surface area contributed by atoms with Gasteiger partial charge in [-0.1, -0.05) is 24.3 Å². The smallest absolute Gasteiger partial charge is 0.231 e. The molecule has 0 bridgehead atoms. The molecule has 2 aromatic carbocycles. The van der Waals surface area contributed by atoms with Crippen molar-refractivity contribution in [3.63, 3.8) is 0 Å². The lowest BCUT2D eigenvalue weighted by Gasteiger charge is -2.32. The number of carbonyl (C=O) groups excluding carboxylic acids is 1. The number of likely N-dealkylation sites (tertiary alicyclic amines) is 1. The van der Waals surface area contributed by atoms with Crippen molar-refractivity contribution in [2.24, 2.45) is 5.92 Å². The van der Waals surface area contributed by atoms with Crippen molar-refractivity contribution >= 4 is 17.5 Å². The molecule has 1 saturated heterocycles. The molecule has 0 N–H and O–H groups in total. The third-order valence-electron chi connectivity index (χ3n) is 5.12. The molecule has 4 nitrogen and oxygen atoms in total. The molecule has 1 atom stereocenters. The minimum absolute atomic E-state index is 0.0674. The summed E-state index contributed by atoms with van der Waals surface area (Å²) in [5.74, 6) is 2.01. The Kier molecular flexibility index (Phi) is 5.18. The van der Waals surface area contributed by atoms with Crippen molar-refractivity contribution in [1.82, 2.24) is 4.90 Å². The molecular weight excluding hydrogens is 346 g/mol. The average molecular weight is 369 g/mol. The fraction of sp³-hybridized carbons (Fsp3) is 0.381. The molecule has 2 aromatic rings. The van der Waals surface area contributed by atoms with Crippen LogP contribution in [0.5, 0.6) is 11.5 Å². The minimum atomic E-state index is 0.0674. The first-order chi connectivity index (χ1) is 12.7. The number of benzene rings is 2. The molecule has 0 saturated carbocycles. The minimum Gasteiger partial charge on any atom is -0.454 e. The van der Waals surface area contributed by atoms with Crippen LogP contribution < -0.4 is 9.47 Å². The van der Waals surface area contributed by atoms with Crippen molar-refractivity contribution < 1.29 is 14.3 Å². The first-order valence-electron chi connectivity index (χ1n) is 9.02. The van der Waals surface area contributed by atoms with Gasteiger partial charge in [-0.2, -0.15) is 0 Å². The summed E-state index contributed by atoms with van der Waals surface area (Å²) in [5.41, 5.74) is 1.96. The Morgan fingerprint density at radius 1 is 1.19 bits per heavy atom. The SMILES string of the molecule is CSc1ccc(C(=O)[C@H]2CCCN(Cc3cccc4c3OCO4)C2)cc1. The summed E-state index contributed by atoms with van der Waals surface area (Å²) in [5, 5.41) is 0. The standard InChI is InChI=1S/C21H23NO3S/c1-26-18-9-7-15(8-10-18)20(23)16-5-3-11-22(12-16)13-17-4-2-6-19-21(17)25-14-24-19/h2,4,6-10,16H,3,5,11-14H2,1H3/t16-/m0/s1. The number of hydrogen-bond donors (Lipinski definition) is 0. The van der Waals surface area contributed by atoms with Gasteiger partial charge in [-0.25, -0.2) is 0 Å². The molecule has 26 heavy (non-hydrogen) atoms. The normalized spacial score (nSPS) is 19.5. The van der Waals surface area contributed by atoms with Crippen molar-refractivity contribution in [3.05, 3.63) is 53.6 Å². The van der Waals surface area contributed by atoms with E-state index in [2.05, 4.69) is 11.0 Å². The van der Waals surface area contributed by atoms with Crippen LogP contribution in [0.3, 0.4) is 0 Å². The van der Waals surface area contributed by atoms with Gasteiger partial charge in [0.1, 0.15) is 0 Å². The van der Waals surface area contributed by atoms with Crippen LogP contribution in [0.2, 0.25) is 0 Å². The summed E-state index contributed by atoms with van der Waals surface area (Å²) >= 11 is 1.69. The molecular formula is C21H23NO3S. The van der Waals surface area contributed by atoms with E-state index in [0.29, 0.717) is 6.79 Å². The monoisotopic (exact) mass is 369 g/mol. The molecule has 1 fully saturated rings. The summed E-state index contributed by atoms with van der Waals surface area (Å²) in [7, 11) is 0. The van der Waals surface area contributed by atoms with Gasteiger partial charge in [0.2, 0.25) is 6.79 Å². The molecule has 0 radical (unpaired) electrons. The van der Waals surface area contributed by atoms with Gasteiger partial charge in [-0.3, -0.25) is 9.69 Å². The fourth-order valence-electron chi connectivity index (χ4n) is 3.76. The van der Waals surface area contributed by atoms with Crippen LogP contribution in [-0.2, 0) is 6.54 Å². The lowest BCUT2D eigenvalue weighted by Crippen LogP contribution is -2.38. The Morgan fingerprint density at radius 2 is 2.04 bits per heavy atom. The molecule has 2 aliphatic heterocycles. The molecule has 0 amide bonds. The van der Waals surface area contributed by atoms with E-state index in [1.54, 1.807) is 11.8 Å². The molecule has 0 aromatic heterocycles. The summed E-state index contributed by atoms with van der Waals surface area (Å²) in [6, 6.07) is 14.0. The Balaban J connectivity index is 1.44. The van der Waals surface area contributed by atoms with Crippen LogP contribution >= 0.6 is 11.8 Å². The van der Waals surface area contributed by atoms with Crippen molar-refractivity contribution in [3.8, 4) is 11.5 Å². The second-order valence-corrected chi connectivity index (χ2v) is 7.70. The second-order valence-electron chi connectivity index (χ2n) is 6.82. The number of thioether (sulfide) groups is 1. The molecule has 2 aliphatic rings. The van der Waals surface area contributed by atoms with Gasteiger partial charge in [0.15, 0.2) is 17.3 Å². The Labute approximate surface area is 158 Å². The molecule has 4 rings (SSSR count). The van der Waals surface area contributed by atoms with Crippen molar-refractivity contribution in [2.45, 2.75) is 24.3 Å². The van der Waals surface area contributed by atoms with Gasteiger partial charge in [0.05, 0.1) is 0 Å². The maximum atomic E-state index is 12.9. The van der Waals surface area contributed by atoms with Crippen molar-refractivity contribution in [1.29, 1.82) is 0 Å². The maximum Gasteiger partial charge on any atom is 0.231 e. The van der Waals surface area contributed by atoms with Crippen LogP contribution in [0.25, 0.3) is 0 Å². The van der Waals surface area contributed by atoms with Crippen LogP contribution in [0.1, 0.15) is 28.8 Å². The number of Topliss-reactive ketones (excluding diaryl/α,β-unsaturated/α-hetero) is 1. The van der Waals surface area contributed by atoms with Gasteiger partial charge < -0.3 is 9.47 Å². The van der Waals surface area contributed by atoms with Gasteiger partial charge in [-0.15, -0.1) is 11.8 Å². The number of para-hydroxylation sites is 1. The van der Waals surface area contributed by atoms with Gasteiger partial charge in [0, 0.05) is 35.0 Å². The van der Waals surface area contributed by atoms with Gasteiger partial charge in [0.25, 0.3) is 0 Å². The van der Waals surface area contributed by atoms with E-state index < -0.39 is 0 Å². The summed E-state index contributed by atoms with van der Waals surface area (Å²) in [4.78, 5) is 16.5. The number of nitrogens with zero attached hydrogens (tertiary/aromatic N) is 1. The molecule has 0 aliphatic carbocycles. The molecule has 0 unspecified atom stereocenters. The van der Waals surface area contributed by atoms with E-state index >= 15 is 0 Å². The van der Waals surface area contributed by atoms with E-state index in [-0.39, 0.29) is 11.7 Å². The van der Waals surface area contributed by atoms with Crippen LogP contribution in [0.4, 0.5) is 0 Å². The Bertz CT molecular complexity index is 790. The third kappa shape index (κ3) is 3.60. The summed E-state index contributed by atoms with van der Waals surface area (Å²) in [6.07, 6.45) is 4.06. The highest BCUT2D eigenvalue weighted by Gasteiger charge is 2.28. The van der Waals surface area contributed by atoms with Gasteiger partial charge in [-0.05, 0) is 43.8 Å². The number of ketones is 1. The maximum absolute atomic E-state index is 12.9. The van der Waals surface area contributed by atoms with E-state index in [4.69, 9.17) is 9.47 Å². The number of piperidine rings is 1. The van der Waals surface area contributed by atoms with Crippen LogP contribution in [-0.4, -0.2) is 36.8 Å². The van der Waals surface area contributed by atoms with E-state index in [1.165, 1.54) is 4.90 Å². The number of rotatable bonds is 5. The Hall–Kier alpha value is -1.98. The zero-order valence-corrected chi connectivity index (χ0v) is 15.8. The number of fused-ring (bicyclic) bond motifs is 1. The summed E-state index contributed by atoms with van der Waals surface area (Å²) in [6.45, 7) is 2.90. The topological polar surface area (TPSA) is 38.8 Å².